The number of fused-ring (bicyclic) bond motifs is 1. The average Bonchev–Trinajstić information content (AvgIpc) is 3.10. The van der Waals surface area contributed by atoms with E-state index in [2.05, 4.69) is 10.6 Å². The van der Waals surface area contributed by atoms with Crippen LogP contribution in [0.2, 0.25) is 0 Å². The lowest BCUT2D eigenvalue weighted by Crippen LogP contribution is -2.61. The van der Waals surface area contributed by atoms with Gasteiger partial charge in [-0.25, -0.2) is 0 Å². The zero-order valence-electron chi connectivity index (χ0n) is 20.5. The molecule has 2 heterocycles. The van der Waals surface area contributed by atoms with Crippen LogP contribution < -0.4 is 16.0 Å². The van der Waals surface area contributed by atoms with E-state index < -0.39 is 53.4 Å². The highest BCUT2D eigenvalue weighted by atomic mass is 19.4. The summed E-state index contributed by atoms with van der Waals surface area (Å²) in [6.07, 6.45) is -3.97. The lowest BCUT2D eigenvalue weighted by Gasteiger charge is -2.38. The minimum absolute atomic E-state index is 0.0450. The molecule has 3 aliphatic rings. The van der Waals surface area contributed by atoms with Crippen molar-refractivity contribution in [3.63, 3.8) is 0 Å². The normalized spacial score (nSPS) is 29.0. The molecule has 12 heteroatoms. The number of likely N-dealkylation sites (tertiary alicyclic amines) is 1. The lowest BCUT2D eigenvalue weighted by molar-refractivity contribution is -0.176. The summed E-state index contributed by atoms with van der Waals surface area (Å²) in [7, 11) is 0. The Balaban J connectivity index is 1.81. The van der Waals surface area contributed by atoms with Crippen LogP contribution in [0.3, 0.4) is 0 Å². The predicted octanol–water partition coefficient (Wildman–Crippen LogP) is 0.773. The fourth-order valence-electron chi connectivity index (χ4n) is 5.43. The first-order valence-corrected chi connectivity index (χ1v) is 11.7. The Kier molecular flexibility index (Phi) is 6.99. The third kappa shape index (κ3) is 5.30. The highest BCUT2D eigenvalue weighted by molar-refractivity contribution is 5.95. The Bertz CT molecular complexity index is 914. The molecule has 0 aromatic heterocycles. The van der Waals surface area contributed by atoms with Crippen LogP contribution in [-0.4, -0.2) is 72.2 Å². The Morgan fingerprint density at radius 1 is 1.20 bits per heavy atom. The minimum atomic E-state index is -5.17. The first-order valence-electron chi connectivity index (χ1n) is 11.7. The second-order valence-corrected chi connectivity index (χ2v) is 11.4. The third-order valence-corrected chi connectivity index (χ3v) is 7.60. The van der Waals surface area contributed by atoms with Gasteiger partial charge in [0.25, 0.3) is 0 Å². The molecule has 0 unspecified atom stereocenters. The predicted molar refractivity (Wildman–Crippen MR) is 117 cm³/mol. The zero-order chi connectivity index (χ0) is 26.5. The summed E-state index contributed by atoms with van der Waals surface area (Å²) in [5.41, 5.74) is -1.34. The van der Waals surface area contributed by atoms with Crippen molar-refractivity contribution >= 4 is 29.9 Å². The van der Waals surface area contributed by atoms with Gasteiger partial charge in [-0.05, 0) is 35.5 Å². The van der Waals surface area contributed by atoms with Gasteiger partial charge in [0.15, 0.2) is 0 Å². The fraction of sp³-hybridized carbons (Fsp3) is 0.783. The van der Waals surface area contributed by atoms with E-state index in [1.54, 1.807) is 5.32 Å². The number of nitrogens with one attached hydrogen (secondary N) is 3. The van der Waals surface area contributed by atoms with Crippen LogP contribution in [-0.2, 0) is 24.0 Å². The van der Waals surface area contributed by atoms with Gasteiger partial charge in [-0.1, -0.05) is 34.6 Å². The van der Waals surface area contributed by atoms with Crippen LogP contribution in [0.4, 0.5) is 13.2 Å². The van der Waals surface area contributed by atoms with Crippen LogP contribution in [0.25, 0.3) is 0 Å². The number of amides is 4. The van der Waals surface area contributed by atoms with Crippen molar-refractivity contribution in [2.45, 2.75) is 71.8 Å². The number of aldehydes is 1. The highest BCUT2D eigenvalue weighted by Gasteiger charge is 2.70. The van der Waals surface area contributed by atoms with Gasteiger partial charge in [-0.2, -0.15) is 13.2 Å². The van der Waals surface area contributed by atoms with E-state index >= 15 is 0 Å². The SMILES string of the molecule is CC(C)(C)[C@H](NC(=O)C(F)(F)F)C(=O)N1C[C@H]2[C@@H]([C@H]1C(=O)N[C@H](C=O)C[C@@H]1CCNC1=O)C2(C)C. The van der Waals surface area contributed by atoms with Gasteiger partial charge in [0.05, 0.1) is 6.04 Å². The molecular formula is C23H33F3N4O5. The molecule has 0 radical (unpaired) electrons. The first kappa shape index (κ1) is 26.9. The average molecular weight is 503 g/mol. The number of hydrogen-bond donors (Lipinski definition) is 3. The largest absolute Gasteiger partial charge is 0.471 e. The van der Waals surface area contributed by atoms with E-state index in [1.807, 2.05) is 13.8 Å². The molecule has 35 heavy (non-hydrogen) atoms. The molecule has 1 saturated carbocycles. The van der Waals surface area contributed by atoms with Crippen LogP contribution in [0.5, 0.6) is 0 Å². The topological polar surface area (TPSA) is 125 Å². The fourth-order valence-corrected chi connectivity index (χ4v) is 5.43. The van der Waals surface area contributed by atoms with Crippen LogP contribution in [0, 0.1) is 28.6 Å². The molecule has 2 aliphatic heterocycles. The van der Waals surface area contributed by atoms with Gasteiger partial charge in [0.2, 0.25) is 17.7 Å². The number of halogens is 3. The van der Waals surface area contributed by atoms with Crippen molar-refractivity contribution in [2.75, 3.05) is 13.1 Å². The van der Waals surface area contributed by atoms with Gasteiger partial charge < -0.3 is 25.6 Å². The molecule has 0 aromatic carbocycles. The quantitative estimate of drug-likeness (QED) is 0.444. The zero-order valence-corrected chi connectivity index (χ0v) is 20.5. The lowest BCUT2D eigenvalue weighted by atomic mass is 9.85. The molecule has 0 aromatic rings. The standard InChI is InChI=1S/C23H33F3N4O5/c1-21(2,3)16(29-20(35)23(24,25)26)19(34)30-9-13-14(22(13,4)5)15(30)18(33)28-12(10-31)8-11-6-7-27-17(11)32/h10-16H,6-9H2,1-5H3,(H,27,32)(H,28,33)(H,29,35)/t11-,12-,13-,14-,15-,16+/m0/s1. The Labute approximate surface area is 201 Å². The number of piperidine rings is 1. The van der Waals surface area contributed by atoms with E-state index in [0.29, 0.717) is 19.3 Å². The van der Waals surface area contributed by atoms with Crippen LogP contribution in [0.1, 0.15) is 47.5 Å². The van der Waals surface area contributed by atoms with Gasteiger partial charge in [-0.3, -0.25) is 19.2 Å². The molecule has 6 atom stereocenters. The molecule has 3 fully saturated rings. The third-order valence-electron chi connectivity index (χ3n) is 7.60. The number of rotatable bonds is 7. The summed E-state index contributed by atoms with van der Waals surface area (Å²) in [4.78, 5) is 63.2. The van der Waals surface area contributed by atoms with Gasteiger partial charge in [0, 0.05) is 19.0 Å². The van der Waals surface area contributed by atoms with Gasteiger partial charge in [-0.15, -0.1) is 0 Å². The van der Waals surface area contributed by atoms with E-state index in [0.717, 1.165) is 0 Å². The molecule has 2 saturated heterocycles. The molecule has 9 nitrogen and oxygen atoms in total. The van der Waals surface area contributed by atoms with Crippen LogP contribution >= 0.6 is 0 Å². The number of carbonyl (C=O) groups excluding carboxylic acids is 5. The summed E-state index contributed by atoms with van der Waals surface area (Å²) >= 11 is 0. The van der Waals surface area contributed by atoms with Crippen LogP contribution in [0.15, 0.2) is 0 Å². The highest BCUT2D eigenvalue weighted by Crippen LogP contribution is 2.65. The van der Waals surface area contributed by atoms with Crippen molar-refractivity contribution in [2.24, 2.45) is 28.6 Å². The van der Waals surface area contributed by atoms with Gasteiger partial charge >= 0.3 is 12.1 Å². The van der Waals surface area contributed by atoms with Crippen molar-refractivity contribution in [1.29, 1.82) is 0 Å². The molecule has 0 bridgehead atoms. The van der Waals surface area contributed by atoms with Gasteiger partial charge in [0.1, 0.15) is 18.4 Å². The minimum Gasteiger partial charge on any atom is -0.356 e. The number of nitrogens with zero attached hydrogens (tertiary/aromatic N) is 1. The number of carbonyl (C=O) groups is 5. The molecule has 3 rings (SSSR count). The second kappa shape index (κ2) is 9.09. The van der Waals surface area contributed by atoms with Crippen molar-refractivity contribution < 1.29 is 37.1 Å². The second-order valence-electron chi connectivity index (χ2n) is 11.4. The van der Waals surface area contributed by atoms with E-state index in [-0.39, 0.29) is 36.1 Å². The molecule has 0 spiro atoms. The summed E-state index contributed by atoms with van der Waals surface area (Å²) in [6, 6.07) is -3.47. The Hall–Kier alpha value is -2.66. The summed E-state index contributed by atoms with van der Waals surface area (Å²) < 4.78 is 38.8. The summed E-state index contributed by atoms with van der Waals surface area (Å²) in [6.45, 7) is 9.10. The van der Waals surface area contributed by atoms with Crippen molar-refractivity contribution in [1.82, 2.24) is 20.9 Å². The van der Waals surface area contributed by atoms with Crippen molar-refractivity contribution in [3.8, 4) is 0 Å². The maximum atomic E-state index is 13.5. The molecular weight excluding hydrogens is 469 g/mol. The van der Waals surface area contributed by atoms with E-state index in [1.165, 1.54) is 25.7 Å². The smallest absolute Gasteiger partial charge is 0.356 e. The Morgan fingerprint density at radius 2 is 1.83 bits per heavy atom. The number of alkyl halides is 3. The molecule has 3 N–H and O–H groups in total. The monoisotopic (exact) mass is 502 g/mol. The maximum Gasteiger partial charge on any atom is 0.471 e. The summed E-state index contributed by atoms with van der Waals surface area (Å²) in [5.74, 6) is -4.51. The Morgan fingerprint density at radius 3 is 2.31 bits per heavy atom. The number of hydrogen-bond acceptors (Lipinski definition) is 5. The molecule has 196 valence electrons. The molecule has 1 aliphatic carbocycles. The first-order chi connectivity index (χ1) is 16.0. The van der Waals surface area contributed by atoms with Crippen molar-refractivity contribution in [3.05, 3.63) is 0 Å². The van der Waals surface area contributed by atoms with E-state index in [4.69, 9.17) is 0 Å². The summed E-state index contributed by atoms with van der Waals surface area (Å²) in [5, 5.41) is 7.10. The molecule has 4 amide bonds. The van der Waals surface area contributed by atoms with E-state index in [9.17, 15) is 37.1 Å². The maximum absolute atomic E-state index is 13.5.